The molecule has 18 heavy (non-hydrogen) atoms. The zero-order valence-electron chi connectivity index (χ0n) is 10.5. The smallest absolute Gasteiger partial charge is 0.323 e. The number of carboxylic acids is 1. The molecule has 0 fully saturated rings. The van der Waals surface area contributed by atoms with E-state index in [1.807, 2.05) is 38.1 Å². The van der Waals surface area contributed by atoms with Crippen LogP contribution in [0.4, 0.5) is 0 Å². The first-order valence-electron chi connectivity index (χ1n) is 5.85. The van der Waals surface area contributed by atoms with E-state index in [4.69, 9.17) is 9.84 Å². The number of carboxylic acid groups (broad SMARTS) is 1. The molecule has 1 aromatic heterocycles. The maximum absolute atomic E-state index is 10.9. The minimum atomic E-state index is -0.885. The number of hydrogen-bond donors (Lipinski definition) is 1. The van der Waals surface area contributed by atoms with E-state index in [2.05, 4.69) is 4.98 Å². The average molecular weight is 248 g/mol. The molecule has 2 aromatic rings. The molecule has 0 bridgehead atoms. The van der Waals surface area contributed by atoms with Crippen molar-refractivity contribution in [3.8, 4) is 0 Å². The lowest BCUT2D eigenvalue weighted by atomic mass is 10.3. The van der Waals surface area contributed by atoms with E-state index in [1.54, 1.807) is 4.57 Å². The SMILES string of the molecule is CC(C)OCc1nc2ccccc2n1CC(=O)O. The molecule has 0 spiro atoms. The zero-order valence-corrected chi connectivity index (χ0v) is 10.5. The highest BCUT2D eigenvalue weighted by molar-refractivity contribution is 5.78. The number of para-hydroxylation sites is 2. The number of aliphatic carboxylic acids is 1. The summed E-state index contributed by atoms with van der Waals surface area (Å²) in [5.41, 5.74) is 1.61. The van der Waals surface area contributed by atoms with Crippen molar-refractivity contribution in [2.24, 2.45) is 0 Å². The molecule has 0 saturated heterocycles. The second-order valence-electron chi connectivity index (χ2n) is 4.36. The van der Waals surface area contributed by atoms with Crippen molar-refractivity contribution in [2.75, 3.05) is 0 Å². The van der Waals surface area contributed by atoms with Gasteiger partial charge in [0.25, 0.3) is 0 Å². The molecule has 0 amide bonds. The third-order valence-electron chi connectivity index (χ3n) is 2.57. The molecule has 1 aromatic carbocycles. The second kappa shape index (κ2) is 5.18. The van der Waals surface area contributed by atoms with Gasteiger partial charge < -0.3 is 14.4 Å². The third-order valence-corrected chi connectivity index (χ3v) is 2.57. The van der Waals surface area contributed by atoms with Crippen molar-refractivity contribution in [3.63, 3.8) is 0 Å². The Morgan fingerprint density at radius 1 is 1.44 bits per heavy atom. The van der Waals surface area contributed by atoms with E-state index in [1.165, 1.54) is 0 Å². The number of hydrogen-bond acceptors (Lipinski definition) is 3. The summed E-state index contributed by atoms with van der Waals surface area (Å²) in [6.45, 7) is 4.09. The average Bonchev–Trinajstić information content (AvgIpc) is 2.64. The van der Waals surface area contributed by atoms with Crippen LogP contribution in [0.3, 0.4) is 0 Å². The van der Waals surface area contributed by atoms with E-state index in [-0.39, 0.29) is 12.6 Å². The Kier molecular flexibility index (Phi) is 3.62. The van der Waals surface area contributed by atoms with Crippen LogP contribution in [0.15, 0.2) is 24.3 Å². The molecule has 1 N–H and O–H groups in total. The Morgan fingerprint density at radius 3 is 2.83 bits per heavy atom. The molecule has 0 aliphatic heterocycles. The zero-order chi connectivity index (χ0) is 13.1. The van der Waals surface area contributed by atoms with Gasteiger partial charge in [0.15, 0.2) is 0 Å². The van der Waals surface area contributed by atoms with E-state index in [0.717, 1.165) is 11.0 Å². The largest absolute Gasteiger partial charge is 0.480 e. The van der Waals surface area contributed by atoms with Crippen molar-refractivity contribution in [2.45, 2.75) is 33.1 Å². The van der Waals surface area contributed by atoms with Gasteiger partial charge in [0.1, 0.15) is 19.0 Å². The molecule has 5 heteroatoms. The molecule has 0 radical (unpaired) electrons. The minimum Gasteiger partial charge on any atom is -0.480 e. The van der Waals surface area contributed by atoms with Crippen LogP contribution in [0.1, 0.15) is 19.7 Å². The number of imidazole rings is 1. The van der Waals surface area contributed by atoms with Gasteiger partial charge in [-0.25, -0.2) is 4.98 Å². The number of carbonyl (C=O) groups is 1. The quantitative estimate of drug-likeness (QED) is 0.879. The minimum absolute atomic E-state index is 0.0862. The molecular formula is C13H16N2O3. The number of benzene rings is 1. The topological polar surface area (TPSA) is 64.4 Å². The fraction of sp³-hybridized carbons (Fsp3) is 0.385. The lowest BCUT2D eigenvalue weighted by Crippen LogP contribution is -2.14. The van der Waals surface area contributed by atoms with Crippen LogP contribution >= 0.6 is 0 Å². The van der Waals surface area contributed by atoms with Gasteiger partial charge in [0.2, 0.25) is 0 Å². The van der Waals surface area contributed by atoms with Crippen molar-refractivity contribution < 1.29 is 14.6 Å². The first-order chi connectivity index (χ1) is 8.58. The summed E-state index contributed by atoms with van der Waals surface area (Å²) in [5, 5.41) is 8.96. The molecule has 0 saturated carbocycles. The molecule has 2 rings (SSSR count). The molecule has 96 valence electrons. The highest BCUT2D eigenvalue weighted by atomic mass is 16.5. The number of nitrogens with zero attached hydrogens (tertiary/aromatic N) is 2. The number of rotatable bonds is 5. The van der Waals surface area contributed by atoms with Crippen LogP contribution < -0.4 is 0 Å². The van der Waals surface area contributed by atoms with Gasteiger partial charge in [0.05, 0.1) is 17.1 Å². The first kappa shape index (κ1) is 12.6. The lowest BCUT2D eigenvalue weighted by Gasteiger charge is -2.09. The Balaban J connectivity index is 2.39. The summed E-state index contributed by atoms with van der Waals surface area (Å²) in [6.07, 6.45) is 0.0862. The van der Waals surface area contributed by atoms with Crippen molar-refractivity contribution in [1.29, 1.82) is 0 Å². The Bertz CT molecular complexity index is 560. The summed E-state index contributed by atoms with van der Waals surface area (Å²) in [7, 11) is 0. The molecule has 1 heterocycles. The highest BCUT2D eigenvalue weighted by Gasteiger charge is 2.13. The molecular weight excluding hydrogens is 232 g/mol. The molecule has 0 atom stereocenters. The Hall–Kier alpha value is -1.88. The summed E-state index contributed by atoms with van der Waals surface area (Å²) < 4.78 is 7.18. The van der Waals surface area contributed by atoms with E-state index in [9.17, 15) is 4.79 Å². The summed E-state index contributed by atoms with van der Waals surface area (Å²) in [6, 6.07) is 7.49. The fourth-order valence-corrected chi connectivity index (χ4v) is 1.79. The predicted molar refractivity (Wildman–Crippen MR) is 67.3 cm³/mol. The number of fused-ring (bicyclic) bond motifs is 1. The van der Waals surface area contributed by atoms with Crippen LogP contribution in [0.5, 0.6) is 0 Å². The predicted octanol–water partition coefficient (Wildman–Crippen LogP) is 2.05. The molecule has 5 nitrogen and oxygen atoms in total. The second-order valence-corrected chi connectivity index (χ2v) is 4.36. The maximum atomic E-state index is 10.9. The Labute approximate surface area is 105 Å². The molecule has 0 aliphatic rings. The van der Waals surface area contributed by atoms with Gasteiger partial charge in [-0.05, 0) is 26.0 Å². The summed E-state index contributed by atoms with van der Waals surface area (Å²) >= 11 is 0. The third kappa shape index (κ3) is 2.68. The van der Waals surface area contributed by atoms with Gasteiger partial charge in [-0.2, -0.15) is 0 Å². The summed E-state index contributed by atoms with van der Waals surface area (Å²) in [5.74, 6) is -0.240. The summed E-state index contributed by atoms with van der Waals surface area (Å²) in [4.78, 5) is 15.3. The molecule has 0 aliphatic carbocycles. The highest BCUT2D eigenvalue weighted by Crippen LogP contribution is 2.17. The van der Waals surface area contributed by atoms with Crippen LogP contribution in [-0.4, -0.2) is 26.7 Å². The van der Waals surface area contributed by atoms with Crippen LogP contribution in [0, 0.1) is 0 Å². The number of ether oxygens (including phenoxy) is 1. The van der Waals surface area contributed by atoms with Crippen molar-refractivity contribution in [3.05, 3.63) is 30.1 Å². The molecule has 0 unspecified atom stereocenters. The standard InChI is InChI=1S/C13H16N2O3/c1-9(2)18-8-12-14-10-5-3-4-6-11(10)15(12)7-13(16)17/h3-6,9H,7-8H2,1-2H3,(H,16,17). The fourth-order valence-electron chi connectivity index (χ4n) is 1.79. The first-order valence-corrected chi connectivity index (χ1v) is 5.85. The van der Waals surface area contributed by atoms with E-state index in [0.29, 0.717) is 12.4 Å². The van der Waals surface area contributed by atoms with Gasteiger partial charge in [0, 0.05) is 0 Å². The van der Waals surface area contributed by atoms with Crippen LogP contribution in [0.2, 0.25) is 0 Å². The normalized spacial score (nSPS) is 11.3. The van der Waals surface area contributed by atoms with E-state index >= 15 is 0 Å². The Morgan fingerprint density at radius 2 is 2.17 bits per heavy atom. The van der Waals surface area contributed by atoms with Crippen molar-refractivity contribution in [1.82, 2.24) is 9.55 Å². The van der Waals surface area contributed by atoms with Gasteiger partial charge in [-0.3, -0.25) is 4.79 Å². The van der Waals surface area contributed by atoms with Crippen LogP contribution in [0.25, 0.3) is 11.0 Å². The monoisotopic (exact) mass is 248 g/mol. The van der Waals surface area contributed by atoms with Gasteiger partial charge in [-0.15, -0.1) is 0 Å². The van der Waals surface area contributed by atoms with Gasteiger partial charge >= 0.3 is 5.97 Å². The van der Waals surface area contributed by atoms with Crippen molar-refractivity contribution >= 4 is 17.0 Å². The maximum Gasteiger partial charge on any atom is 0.323 e. The van der Waals surface area contributed by atoms with Gasteiger partial charge in [-0.1, -0.05) is 12.1 Å². The van der Waals surface area contributed by atoms with E-state index < -0.39 is 5.97 Å². The number of aromatic nitrogens is 2. The lowest BCUT2D eigenvalue weighted by molar-refractivity contribution is -0.137. The van der Waals surface area contributed by atoms with Crippen LogP contribution in [-0.2, 0) is 22.7 Å².